The summed E-state index contributed by atoms with van der Waals surface area (Å²) >= 11 is 0. The van der Waals surface area contributed by atoms with Crippen LogP contribution < -0.4 is 0 Å². The van der Waals surface area contributed by atoms with Crippen molar-refractivity contribution in [2.45, 2.75) is 39.3 Å². The molecule has 4 heterocycles. The molecule has 0 fully saturated rings. The average molecular weight is 561 g/mol. The number of pyridine rings is 4. The van der Waals surface area contributed by atoms with Crippen LogP contribution in [0.2, 0.25) is 0 Å². The Bertz CT molecular complexity index is 1490. The topological polar surface area (TPSA) is 116 Å². The van der Waals surface area contributed by atoms with Gasteiger partial charge in [-0.15, -0.1) is 0 Å². The first-order valence-electron chi connectivity index (χ1n) is 13.7. The summed E-state index contributed by atoms with van der Waals surface area (Å²) in [6.07, 6.45) is 6.97. The summed E-state index contributed by atoms with van der Waals surface area (Å²) in [6, 6.07) is 25.9. The number of phenolic OH excluding ortho intramolecular Hbond substituents is 1. The van der Waals surface area contributed by atoms with Crippen LogP contribution in [0.5, 0.6) is 5.75 Å². The van der Waals surface area contributed by atoms with E-state index in [1.165, 1.54) is 12.1 Å². The second kappa shape index (κ2) is 14.1. The van der Waals surface area contributed by atoms with Gasteiger partial charge in [0.2, 0.25) is 0 Å². The Labute approximate surface area is 244 Å². The highest BCUT2D eigenvalue weighted by atomic mass is 16.4. The number of carboxylic acid groups (broad SMARTS) is 1. The van der Waals surface area contributed by atoms with Gasteiger partial charge in [-0.3, -0.25) is 29.7 Å². The molecule has 0 unspecified atom stereocenters. The second-order valence-corrected chi connectivity index (χ2v) is 9.97. The predicted molar refractivity (Wildman–Crippen MR) is 158 cm³/mol. The molecule has 2 N–H and O–H groups in total. The number of hydrogen-bond donors (Lipinski definition) is 2. The number of carboxylic acids is 1. The fraction of sp³-hybridized carbons (Fsp3) is 0.182. The fourth-order valence-electron chi connectivity index (χ4n) is 4.90. The number of aromatic hydroxyl groups is 1. The van der Waals surface area contributed by atoms with Crippen molar-refractivity contribution in [1.29, 1.82) is 0 Å². The lowest BCUT2D eigenvalue weighted by Crippen LogP contribution is -2.28. The van der Waals surface area contributed by atoms with Crippen LogP contribution in [-0.4, -0.2) is 45.9 Å². The lowest BCUT2D eigenvalue weighted by Gasteiger charge is -2.27. The van der Waals surface area contributed by atoms with Gasteiger partial charge in [-0.25, -0.2) is 4.79 Å². The van der Waals surface area contributed by atoms with Gasteiger partial charge in [0, 0.05) is 69.6 Å². The van der Waals surface area contributed by atoms with Gasteiger partial charge in [0.25, 0.3) is 0 Å². The van der Waals surface area contributed by atoms with Crippen molar-refractivity contribution in [2.24, 2.45) is 0 Å². The molecule has 0 saturated carbocycles. The van der Waals surface area contributed by atoms with E-state index in [0.717, 1.165) is 22.8 Å². The Hall–Kier alpha value is -4.99. The zero-order valence-corrected chi connectivity index (χ0v) is 23.1. The van der Waals surface area contributed by atoms with E-state index in [0.29, 0.717) is 37.3 Å². The van der Waals surface area contributed by atoms with Crippen LogP contribution in [0.15, 0.2) is 110 Å². The molecule has 42 heavy (non-hydrogen) atoms. The third-order valence-electron chi connectivity index (χ3n) is 6.85. The van der Waals surface area contributed by atoms with E-state index >= 15 is 0 Å². The highest BCUT2D eigenvalue weighted by Gasteiger charge is 2.23. The normalized spacial score (nSPS) is 11.2. The van der Waals surface area contributed by atoms with Crippen LogP contribution in [0, 0.1) is 0 Å². The molecule has 1 aromatic carbocycles. The van der Waals surface area contributed by atoms with Gasteiger partial charge in [0.1, 0.15) is 5.75 Å². The molecular weight excluding hydrogens is 528 g/mol. The summed E-state index contributed by atoms with van der Waals surface area (Å²) < 4.78 is 0. The molecule has 0 saturated heterocycles. The van der Waals surface area contributed by atoms with E-state index in [1.54, 1.807) is 24.8 Å². The minimum atomic E-state index is -1.05. The van der Waals surface area contributed by atoms with Crippen molar-refractivity contribution in [3.63, 3.8) is 0 Å². The van der Waals surface area contributed by atoms with Crippen molar-refractivity contribution >= 4 is 5.97 Å². The lowest BCUT2D eigenvalue weighted by atomic mass is 9.98. The molecule has 4 aromatic heterocycles. The average Bonchev–Trinajstić information content (AvgIpc) is 3.01. The minimum Gasteiger partial charge on any atom is -0.508 e. The Morgan fingerprint density at radius 1 is 0.524 bits per heavy atom. The first-order chi connectivity index (χ1) is 20.5. The number of phenols is 1. The SMILES string of the molecule is O=C(O)c1ccc(O)c(CN(Cc2ccccn2)Cc2ccccn2)c1CN(Cc1ccccn1)Cc1ccccn1. The summed E-state index contributed by atoms with van der Waals surface area (Å²) in [5.74, 6) is -1.01. The van der Waals surface area contributed by atoms with Crippen LogP contribution in [0.3, 0.4) is 0 Å². The summed E-state index contributed by atoms with van der Waals surface area (Å²) in [7, 11) is 0. The van der Waals surface area contributed by atoms with E-state index in [1.807, 2.05) is 72.8 Å². The summed E-state index contributed by atoms with van der Waals surface area (Å²) in [5, 5.41) is 21.4. The maximum absolute atomic E-state index is 12.5. The van der Waals surface area contributed by atoms with E-state index in [9.17, 15) is 15.0 Å². The number of aromatic nitrogens is 4. The number of rotatable bonds is 13. The van der Waals surface area contributed by atoms with Gasteiger partial charge < -0.3 is 10.2 Å². The Morgan fingerprint density at radius 3 is 1.24 bits per heavy atom. The molecule has 0 aliphatic carbocycles. The molecule has 0 aliphatic heterocycles. The van der Waals surface area contributed by atoms with Crippen molar-refractivity contribution in [1.82, 2.24) is 29.7 Å². The third kappa shape index (κ3) is 7.81. The number of benzene rings is 1. The number of aromatic carboxylic acids is 1. The van der Waals surface area contributed by atoms with Crippen LogP contribution >= 0.6 is 0 Å². The molecule has 5 aromatic rings. The molecule has 0 bridgehead atoms. The van der Waals surface area contributed by atoms with Crippen molar-refractivity contribution in [3.05, 3.63) is 149 Å². The van der Waals surface area contributed by atoms with E-state index in [2.05, 4.69) is 29.7 Å². The molecule has 212 valence electrons. The smallest absolute Gasteiger partial charge is 0.336 e. The first-order valence-corrected chi connectivity index (χ1v) is 13.7. The van der Waals surface area contributed by atoms with Gasteiger partial charge in [0.15, 0.2) is 0 Å². The van der Waals surface area contributed by atoms with Crippen LogP contribution in [0.4, 0.5) is 0 Å². The lowest BCUT2D eigenvalue weighted by molar-refractivity contribution is 0.0693. The standard InChI is InChI=1S/C33H32N6O3/c40-32-14-13-29(33(41)42)30(23-38(19-25-9-1-5-15-34-25)20-26-10-2-6-16-35-26)31(32)24-39(21-27-11-3-7-17-36-27)22-28-12-4-8-18-37-28/h1-18,40H,19-24H2,(H,41,42). The molecule has 0 amide bonds. The largest absolute Gasteiger partial charge is 0.508 e. The van der Waals surface area contributed by atoms with Gasteiger partial charge in [0.05, 0.1) is 28.3 Å². The van der Waals surface area contributed by atoms with Crippen molar-refractivity contribution in [2.75, 3.05) is 0 Å². The molecule has 9 heteroatoms. The Morgan fingerprint density at radius 2 is 0.905 bits per heavy atom. The highest BCUT2D eigenvalue weighted by Crippen LogP contribution is 2.30. The van der Waals surface area contributed by atoms with Gasteiger partial charge >= 0.3 is 5.97 Å². The van der Waals surface area contributed by atoms with Crippen LogP contribution in [0.1, 0.15) is 44.3 Å². The summed E-state index contributed by atoms with van der Waals surface area (Å²) in [5.41, 5.74) is 4.64. The quantitative estimate of drug-likeness (QED) is 0.203. The molecule has 9 nitrogen and oxygen atoms in total. The predicted octanol–water partition coefficient (Wildman–Crippen LogP) is 5.08. The van der Waals surface area contributed by atoms with Gasteiger partial charge in [-0.1, -0.05) is 24.3 Å². The van der Waals surface area contributed by atoms with Crippen molar-refractivity contribution in [3.8, 4) is 5.75 Å². The van der Waals surface area contributed by atoms with Gasteiger partial charge in [-0.2, -0.15) is 0 Å². The Kier molecular flexibility index (Phi) is 9.56. The number of nitrogens with zero attached hydrogens (tertiary/aromatic N) is 6. The first kappa shape index (κ1) is 28.5. The highest BCUT2D eigenvalue weighted by molar-refractivity contribution is 5.90. The molecule has 5 rings (SSSR count). The molecule has 0 radical (unpaired) electrons. The Balaban J connectivity index is 1.51. The van der Waals surface area contributed by atoms with E-state index in [4.69, 9.17) is 0 Å². The van der Waals surface area contributed by atoms with E-state index in [-0.39, 0.29) is 24.4 Å². The second-order valence-electron chi connectivity index (χ2n) is 9.97. The molecule has 0 atom stereocenters. The van der Waals surface area contributed by atoms with Crippen LogP contribution in [-0.2, 0) is 39.3 Å². The summed E-state index contributed by atoms with van der Waals surface area (Å²) in [6.45, 7) is 2.46. The molecule has 0 spiro atoms. The van der Waals surface area contributed by atoms with Crippen LogP contribution in [0.25, 0.3) is 0 Å². The van der Waals surface area contributed by atoms with Crippen molar-refractivity contribution < 1.29 is 15.0 Å². The zero-order chi connectivity index (χ0) is 29.1. The molecule has 0 aliphatic rings. The van der Waals surface area contributed by atoms with E-state index < -0.39 is 5.97 Å². The van der Waals surface area contributed by atoms with Gasteiger partial charge in [-0.05, 0) is 66.2 Å². The zero-order valence-electron chi connectivity index (χ0n) is 23.1. The fourth-order valence-corrected chi connectivity index (χ4v) is 4.90. The third-order valence-corrected chi connectivity index (χ3v) is 6.85. The molecular formula is C33H32N6O3. The number of carbonyl (C=O) groups is 1. The maximum Gasteiger partial charge on any atom is 0.336 e. The minimum absolute atomic E-state index is 0.0395. The maximum atomic E-state index is 12.5. The monoisotopic (exact) mass is 560 g/mol. The summed E-state index contributed by atoms with van der Waals surface area (Å²) in [4.78, 5) is 34.7. The number of hydrogen-bond acceptors (Lipinski definition) is 8.